The second-order valence-electron chi connectivity index (χ2n) is 16.1. The van der Waals surface area contributed by atoms with Crippen molar-refractivity contribution < 1.29 is 24.5 Å². The molecule has 0 saturated carbocycles. The molecule has 0 fully saturated rings. The Morgan fingerprint density at radius 1 is 0.525 bits per heavy atom. The molecule has 3 atom stereocenters. The van der Waals surface area contributed by atoms with E-state index in [1.165, 1.54) is 83.5 Å². The predicted molar refractivity (Wildman–Crippen MR) is 254 cm³/mol. The van der Waals surface area contributed by atoms with Gasteiger partial charge in [-0.2, -0.15) is 0 Å². The minimum Gasteiger partial charge on any atom is -0.458 e. The summed E-state index contributed by atoms with van der Waals surface area (Å²) in [6, 6.07) is -0.747. The third kappa shape index (κ3) is 41.6. The van der Waals surface area contributed by atoms with Crippen molar-refractivity contribution in [3.63, 3.8) is 0 Å². The largest absolute Gasteiger partial charge is 0.458 e. The summed E-state index contributed by atoms with van der Waals surface area (Å²) in [5.41, 5.74) is 0. The molecular formula is C53H91NO5. The van der Waals surface area contributed by atoms with E-state index in [2.05, 4.69) is 99.0 Å². The summed E-state index contributed by atoms with van der Waals surface area (Å²) < 4.78 is 5.80. The van der Waals surface area contributed by atoms with Crippen LogP contribution in [-0.4, -0.2) is 46.9 Å². The van der Waals surface area contributed by atoms with Crippen molar-refractivity contribution in [1.82, 2.24) is 5.32 Å². The predicted octanol–water partition coefficient (Wildman–Crippen LogP) is 14.4. The molecule has 338 valence electrons. The number of hydrogen-bond donors (Lipinski definition) is 3. The van der Waals surface area contributed by atoms with Crippen LogP contribution >= 0.6 is 0 Å². The van der Waals surface area contributed by atoms with E-state index in [9.17, 15) is 19.8 Å². The molecule has 1 amide bonds. The first-order chi connectivity index (χ1) is 29.0. The third-order valence-electron chi connectivity index (χ3n) is 10.5. The zero-order chi connectivity index (χ0) is 43.1. The SMILES string of the molecule is CC/C=C\C/C=C\C/C=C\C/C=C\C/C=C\C/C=C\C(CC(=O)NC(CO)C(O)CCCCCCCCCCC)OC(=O)CCCCC/C=C\CCCCCCCCC. The van der Waals surface area contributed by atoms with Gasteiger partial charge in [-0.25, -0.2) is 0 Å². The lowest BCUT2D eigenvalue weighted by Gasteiger charge is -2.23. The van der Waals surface area contributed by atoms with Crippen LogP contribution < -0.4 is 5.32 Å². The summed E-state index contributed by atoms with van der Waals surface area (Å²) in [5, 5.41) is 23.6. The Labute approximate surface area is 363 Å². The first kappa shape index (κ1) is 56.0. The fourth-order valence-electron chi connectivity index (χ4n) is 6.77. The van der Waals surface area contributed by atoms with Crippen LogP contribution in [0.5, 0.6) is 0 Å². The summed E-state index contributed by atoms with van der Waals surface area (Å²) in [6.07, 6.45) is 59.6. The number of unbranched alkanes of at least 4 members (excludes halogenated alkanes) is 18. The molecule has 0 aliphatic rings. The van der Waals surface area contributed by atoms with Crippen molar-refractivity contribution in [2.24, 2.45) is 0 Å². The lowest BCUT2D eigenvalue weighted by molar-refractivity contribution is -0.148. The molecule has 0 heterocycles. The molecule has 6 heteroatoms. The lowest BCUT2D eigenvalue weighted by atomic mass is 10.0. The second kappa shape index (κ2) is 46.1. The Kier molecular flexibility index (Phi) is 43.8. The normalized spacial score (nSPS) is 14.1. The summed E-state index contributed by atoms with van der Waals surface area (Å²) in [5.74, 6) is -0.656. The number of nitrogens with one attached hydrogen (secondary N) is 1. The highest BCUT2D eigenvalue weighted by atomic mass is 16.5. The molecule has 6 nitrogen and oxygen atoms in total. The van der Waals surface area contributed by atoms with E-state index in [0.29, 0.717) is 19.3 Å². The monoisotopic (exact) mass is 822 g/mol. The van der Waals surface area contributed by atoms with Gasteiger partial charge in [-0.15, -0.1) is 0 Å². The average Bonchev–Trinajstić information content (AvgIpc) is 3.23. The van der Waals surface area contributed by atoms with Gasteiger partial charge in [0.25, 0.3) is 0 Å². The fraction of sp³-hybridized carbons (Fsp3) is 0.698. The topological polar surface area (TPSA) is 95.9 Å². The molecule has 0 aromatic heterocycles. The molecule has 0 aliphatic heterocycles. The van der Waals surface area contributed by atoms with Crippen LogP contribution in [0.15, 0.2) is 85.1 Å². The number of amides is 1. The number of hydrogen-bond acceptors (Lipinski definition) is 5. The van der Waals surface area contributed by atoms with Gasteiger partial charge >= 0.3 is 5.97 Å². The number of allylic oxidation sites excluding steroid dienone is 13. The van der Waals surface area contributed by atoms with Crippen molar-refractivity contribution in [3.8, 4) is 0 Å². The first-order valence-electron chi connectivity index (χ1n) is 24.3. The zero-order valence-corrected chi connectivity index (χ0v) is 38.4. The molecule has 0 bridgehead atoms. The van der Waals surface area contributed by atoms with Crippen molar-refractivity contribution in [3.05, 3.63) is 85.1 Å². The van der Waals surface area contributed by atoms with E-state index >= 15 is 0 Å². The summed E-state index contributed by atoms with van der Waals surface area (Å²) in [6.45, 7) is 6.29. The van der Waals surface area contributed by atoms with Crippen LogP contribution in [0.1, 0.15) is 213 Å². The number of carbonyl (C=O) groups is 2. The summed E-state index contributed by atoms with van der Waals surface area (Å²) >= 11 is 0. The highest BCUT2D eigenvalue weighted by molar-refractivity contribution is 5.78. The maximum atomic E-state index is 13.1. The average molecular weight is 822 g/mol. The van der Waals surface area contributed by atoms with Crippen LogP contribution in [0.2, 0.25) is 0 Å². The highest BCUT2D eigenvalue weighted by Gasteiger charge is 2.23. The van der Waals surface area contributed by atoms with Crippen LogP contribution in [0.4, 0.5) is 0 Å². The summed E-state index contributed by atoms with van der Waals surface area (Å²) in [7, 11) is 0. The Bertz CT molecular complexity index is 1150. The van der Waals surface area contributed by atoms with E-state index in [1.807, 2.05) is 6.08 Å². The number of aliphatic hydroxyl groups is 2. The maximum Gasteiger partial charge on any atom is 0.306 e. The number of ether oxygens (including phenoxy) is 1. The van der Waals surface area contributed by atoms with Crippen molar-refractivity contribution in [2.45, 2.75) is 232 Å². The quantitative estimate of drug-likeness (QED) is 0.0324. The van der Waals surface area contributed by atoms with Crippen molar-refractivity contribution >= 4 is 11.9 Å². The van der Waals surface area contributed by atoms with Crippen molar-refractivity contribution in [2.75, 3.05) is 6.61 Å². The smallest absolute Gasteiger partial charge is 0.306 e. The van der Waals surface area contributed by atoms with E-state index in [-0.39, 0.29) is 24.9 Å². The van der Waals surface area contributed by atoms with Gasteiger partial charge in [0.05, 0.1) is 25.2 Å². The second-order valence-corrected chi connectivity index (χ2v) is 16.1. The minimum absolute atomic E-state index is 0.0569. The van der Waals surface area contributed by atoms with Gasteiger partial charge in [0.2, 0.25) is 5.91 Å². The molecular weight excluding hydrogens is 731 g/mol. The number of rotatable bonds is 42. The first-order valence-corrected chi connectivity index (χ1v) is 24.3. The Hall–Kier alpha value is -2.96. The molecule has 0 spiro atoms. The highest BCUT2D eigenvalue weighted by Crippen LogP contribution is 2.14. The van der Waals surface area contributed by atoms with Gasteiger partial charge in [0.1, 0.15) is 6.10 Å². The van der Waals surface area contributed by atoms with E-state index in [4.69, 9.17) is 4.74 Å². The van der Waals surface area contributed by atoms with Gasteiger partial charge in [0, 0.05) is 6.42 Å². The standard InChI is InChI=1S/C53H91NO5/c1-4-7-10-13-16-19-21-23-25-26-27-28-30-33-35-38-41-44-49(59-53(58)46-43-40-37-34-31-29-24-22-20-17-14-11-8-5-2)47-52(57)54-50(48-55)51(56)45-42-39-36-32-18-15-12-9-6-3/h7,10,16,19,23,25,27-29,31,33,35,41,44,49-51,55-56H,4-6,8-9,11-15,17-18,20-22,24,26,30,32,34,36-40,42-43,45-48H2,1-3H3,(H,54,57)/b10-7-,19-16-,25-23-,28-27-,31-29-,35-33-,44-41-. The van der Waals surface area contributed by atoms with Crippen LogP contribution in [0, 0.1) is 0 Å². The molecule has 0 rings (SSSR count). The van der Waals surface area contributed by atoms with Gasteiger partial charge in [-0.3, -0.25) is 9.59 Å². The molecule has 0 saturated heterocycles. The van der Waals surface area contributed by atoms with E-state index in [1.54, 1.807) is 6.08 Å². The van der Waals surface area contributed by atoms with Gasteiger partial charge in [0.15, 0.2) is 0 Å². The Morgan fingerprint density at radius 2 is 0.949 bits per heavy atom. The fourth-order valence-corrected chi connectivity index (χ4v) is 6.77. The van der Waals surface area contributed by atoms with Gasteiger partial charge in [-0.1, -0.05) is 202 Å². The number of aliphatic hydroxyl groups excluding tert-OH is 2. The molecule has 3 N–H and O–H groups in total. The van der Waals surface area contributed by atoms with Crippen LogP contribution in [0.3, 0.4) is 0 Å². The van der Waals surface area contributed by atoms with Crippen molar-refractivity contribution in [1.29, 1.82) is 0 Å². The van der Waals surface area contributed by atoms with Gasteiger partial charge in [-0.05, 0) is 83.1 Å². The molecule has 3 unspecified atom stereocenters. The molecule has 59 heavy (non-hydrogen) atoms. The summed E-state index contributed by atoms with van der Waals surface area (Å²) in [4.78, 5) is 26.0. The zero-order valence-electron chi connectivity index (χ0n) is 38.4. The van der Waals surface area contributed by atoms with E-state index < -0.39 is 18.2 Å². The maximum absolute atomic E-state index is 13.1. The van der Waals surface area contributed by atoms with Gasteiger partial charge < -0.3 is 20.3 Å². The molecule has 0 aromatic rings. The Morgan fingerprint density at radius 3 is 1.42 bits per heavy atom. The number of carbonyl (C=O) groups excluding carboxylic acids is 2. The molecule has 0 aliphatic carbocycles. The van der Waals surface area contributed by atoms with Crippen LogP contribution in [-0.2, 0) is 14.3 Å². The molecule has 0 radical (unpaired) electrons. The minimum atomic E-state index is -0.824. The lowest BCUT2D eigenvalue weighted by Crippen LogP contribution is -2.46. The van der Waals surface area contributed by atoms with Crippen LogP contribution in [0.25, 0.3) is 0 Å². The Balaban J connectivity index is 4.83. The third-order valence-corrected chi connectivity index (χ3v) is 10.5. The van der Waals surface area contributed by atoms with E-state index in [0.717, 1.165) is 83.5 Å². The number of esters is 1. The molecule has 0 aromatic carbocycles.